The van der Waals surface area contributed by atoms with Gasteiger partial charge in [-0.2, -0.15) is 5.26 Å². The zero-order chi connectivity index (χ0) is 18.4. The van der Waals surface area contributed by atoms with E-state index in [9.17, 15) is 14.9 Å². The van der Waals surface area contributed by atoms with Gasteiger partial charge in [0.25, 0.3) is 0 Å². The molecule has 4 rings (SSSR count). The number of halogens is 1. The van der Waals surface area contributed by atoms with Gasteiger partial charge in [-0.05, 0) is 17.7 Å². The highest BCUT2D eigenvalue weighted by atomic mass is 79.9. The Morgan fingerprint density at radius 1 is 1.00 bits per heavy atom. The predicted octanol–water partition coefficient (Wildman–Crippen LogP) is 3.59. The van der Waals surface area contributed by atoms with E-state index < -0.39 is 11.7 Å². The Hall–Kier alpha value is -3.17. The molecule has 6 heteroatoms. The zero-order valence-corrected chi connectivity index (χ0v) is 14.9. The molecule has 0 spiro atoms. The summed E-state index contributed by atoms with van der Waals surface area (Å²) >= 11 is 3.37. The zero-order valence-electron chi connectivity index (χ0n) is 13.3. The molecule has 0 unspecified atom stereocenters. The van der Waals surface area contributed by atoms with Gasteiger partial charge in [-0.1, -0.05) is 52.3 Å². The summed E-state index contributed by atoms with van der Waals surface area (Å²) in [7, 11) is 0. The van der Waals surface area contributed by atoms with Gasteiger partial charge < -0.3 is 10.5 Å². The molecule has 5 nitrogen and oxygen atoms in total. The Balaban J connectivity index is 1.97. The fourth-order valence-electron chi connectivity index (χ4n) is 3.30. The smallest absolute Gasteiger partial charge is 0.229 e. The molecule has 2 aromatic carbocycles. The molecular weight excluding hydrogens is 396 g/mol. The first-order valence-corrected chi connectivity index (χ1v) is 8.58. The van der Waals surface area contributed by atoms with Gasteiger partial charge >= 0.3 is 0 Å². The quantitative estimate of drug-likeness (QED) is 0.780. The Bertz CT molecular complexity index is 1070. The normalized spacial score (nSPS) is 18.8. The lowest BCUT2D eigenvalue weighted by Gasteiger charge is -2.30. The highest BCUT2D eigenvalue weighted by molar-refractivity contribution is 9.10. The van der Waals surface area contributed by atoms with Crippen molar-refractivity contribution in [3.8, 4) is 6.07 Å². The van der Waals surface area contributed by atoms with Crippen molar-refractivity contribution in [2.24, 2.45) is 5.73 Å². The molecule has 0 radical (unpaired) electrons. The number of carbonyl (C=O) groups is 2. The SMILES string of the molecule is N#CC1=C(N)OC2=C(C(=O)c3ccccc3C2=O)[C@H]1c1ccc(Br)cc1. The van der Waals surface area contributed by atoms with Gasteiger partial charge in [0.2, 0.25) is 11.7 Å². The third-order valence-corrected chi connectivity index (χ3v) is 5.02. The number of hydrogen-bond acceptors (Lipinski definition) is 5. The van der Waals surface area contributed by atoms with Crippen LogP contribution in [0.2, 0.25) is 0 Å². The lowest BCUT2D eigenvalue weighted by molar-refractivity contribution is 0.0897. The van der Waals surface area contributed by atoms with Crippen LogP contribution in [-0.4, -0.2) is 11.6 Å². The molecule has 0 fully saturated rings. The first kappa shape index (κ1) is 16.3. The molecule has 1 heterocycles. The topological polar surface area (TPSA) is 93.2 Å². The van der Waals surface area contributed by atoms with Gasteiger partial charge in [-0.25, -0.2) is 0 Å². The maximum Gasteiger partial charge on any atom is 0.229 e. The van der Waals surface area contributed by atoms with Crippen molar-refractivity contribution >= 4 is 27.5 Å². The van der Waals surface area contributed by atoms with Crippen LogP contribution in [0.15, 0.2) is 75.8 Å². The average Bonchev–Trinajstić information content (AvgIpc) is 2.66. The third kappa shape index (κ3) is 2.29. The molecule has 26 heavy (non-hydrogen) atoms. The summed E-state index contributed by atoms with van der Waals surface area (Å²) < 4.78 is 6.30. The van der Waals surface area contributed by atoms with Gasteiger partial charge in [0.15, 0.2) is 11.5 Å². The number of Topliss-reactive ketones (excluding diaryl/α,β-unsaturated/α-hetero) is 2. The number of carbonyl (C=O) groups excluding carboxylic acids is 2. The molecule has 1 atom stereocenters. The number of hydrogen-bond donors (Lipinski definition) is 1. The largest absolute Gasteiger partial charge is 0.436 e. The number of rotatable bonds is 1. The van der Waals surface area contributed by atoms with Gasteiger partial charge in [0, 0.05) is 15.6 Å². The van der Waals surface area contributed by atoms with Crippen LogP contribution in [0.5, 0.6) is 0 Å². The first-order valence-electron chi connectivity index (χ1n) is 7.78. The highest BCUT2D eigenvalue weighted by Crippen LogP contribution is 2.44. The van der Waals surface area contributed by atoms with E-state index >= 15 is 0 Å². The standard InChI is InChI=1S/C20H11BrN2O3/c21-11-7-5-10(6-8-11)15-14(9-22)20(23)26-19-16(15)17(24)12-3-1-2-4-13(12)18(19)25/h1-8,15H,23H2/t15-/m0/s1. The van der Waals surface area contributed by atoms with Crippen LogP contribution in [0.3, 0.4) is 0 Å². The van der Waals surface area contributed by atoms with Crippen LogP contribution >= 0.6 is 15.9 Å². The second-order valence-electron chi connectivity index (χ2n) is 5.92. The number of fused-ring (bicyclic) bond motifs is 1. The molecule has 0 saturated heterocycles. The van der Waals surface area contributed by atoms with Crippen LogP contribution < -0.4 is 5.73 Å². The maximum atomic E-state index is 13.1. The van der Waals surface area contributed by atoms with Crippen molar-refractivity contribution in [2.45, 2.75) is 5.92 Å². The molecule has 2 aliphatic rings. The van der Waals surface area contributed by atoms with Crippen molar-refractivity contribution in [1.29, 1.82) is 5.26 Å². The average molecular weight is 407 g/mol. The fourth-order valence-corrected chi connectivity index (χ4v) is 3.56. The molecule has 0 aromatic heterocycles. The second-order valence-corrected chi connectivity index (χ2v) is 6.84. The van der Waals surface area contributed by atoms with Crippen LogP contribution in [0.1, 0.15) is 32.2 Å². The van der Waals surface area contributed by atoms with E-state index in [1.807, 2.05) is 6.07 Å². The Morgan fingerprint density at radius 3 is 2.23 bits per heavy atom. The van der Waals surface area contributed by atoms with Crippen molar-refractivity contribution < 1.29 is 14.3 Å². The van der Waals surface area contributed by atoms with E-state index in [2.05, 4.69) is 15.9 Å². The van der Waals surface area contributed by atoms with Gasteiger partial charge in [-0.15, -0.1) is 0 Å². The van der Waals surface area contributed by atoms with Gasteiger partial charge in [-0.3, -0.25) is 9.59 Å². The number of ether oxygens (including phenoxy) is 1. The lowest BCUT2D eigenvalue weighted by atomic mass is 9.75. The van der Waals surface area contributed by atoms with Crippen molar-refractivity contribution in [3.05, 3.63) is 92.5 Å². The molecule has 1 aliphatic carbocycles. The summed E-state index contributed by atoms with van der Waals surface area (Å²) in [5, 5.41) is 9.59. The summed E-state index contributed by atoms with van der Waals surface area (Å²) in [6, 6.07) is 15.8. The summed E-state index contributed by atoms with van der Waals surface area (Å²) in [5.41, 5.74) is 7.45. The van der Waals surface area contributed by atoms with Crippen LogP contribution in [-0.2, 0) is 4.74 Å². The second kappa shape index (κ2) is 5.97. The summed E-state index contributed by atoms with van der Waals surface area (Å²) in [5.74, 6) is -1.74. The molecule has 2 aromatic rings. The van der Waals surface area contributed by atoms with E-state index in [4.69, 9.17) is 10.5 Å². The maximum absolute atomic E-state index is 13.1. The first-order chi connectivity index (χ1) is 12.5. The van der Waals surface area contributed by atoms with Crippen LogP contribution in [0, 0.1) is 11.3 Å². The minimum atomic E-state index is -0.748. The molecule has 126 valence electrons. The third-order valence-electron chi connectivity index (χ3n) is 4.49. The van der Waals surface area contributed by atoms with E-state index in [0.29, 0.717) is 11.1 Å². The number of allylic oxidation sites excluding steroid dienone is 3. The minimum Gasteiger partial charge on any atom is -0.436 e. The molecule has 0 bridgehead atoms. The number of nitriles is 1. The van der Waals surface area contributed by atoms with Crippen LogP contribution in [0.25, 0.3) is 0 Å². The number of benzene rings is 2. The predicted molar refractivity (Wildman–Crippen MR) is 96.9 cm³/mol. The van der Waals surface area contributed by atoms with Crippen molar-refractivity contribution in [3.63, 3.8) is 0 Å². The van der Waals surface area contributed by atoms with Crippen LogP contribution in [0.4, 0.5) is 0 Å². The van der Waals surface area contributed by atoms with Gasteiger partial charge in [0.1, 0.15) is 11.6 Å². The number of nitrogens with zero attached hydrogens (tertiary/aromatic N) is 1. The molecule has 1 aliphatic heterocycles. The highest BCUT2D eigenvalue weighted by Gasteiger charge is 2.43. The Kier molecular flexibility index (Phi) is 3.74. The number of nitrogens with two attached hydrogens (primary N) is 1. The minimum absolute atomic E-state index is 0.0990. The van der Waals surface area contributed by atoms with E-state index in [-0.39, 0.29) is 34.1 Å². The summed E-state index contributed by atoms with van der Waals surface area (Å²) in [6.07, 6.45) is 0. The Labute approximate surface area is 157 Å². The summed E-state index contributed by atoms with van der Waals surface area (Å²) in [6.45, 7) is 0. The number of ketones is 2. The molecule has 0 amide bonds. The van der Waals surface area contributed by atoms with Crippen molar-refractivity contribution in [1.82, 2.24) is 0 Å². The van der Waals surface area contributed by atoms with Gasteiger partial charge in [0.05, 0.1) is 11.5 Å². The van der Waals surface area contributed by atoms with Crippen molar-refractivity contribution in [2.75, 3.05) is 0 Å². The molecular formula is C20H11BrN2O3. The molecule has 0 saturated carbocycles. The monoisotopic (exact) mass is 406 g/mol. The summed E-state index contributed by atoms with van der Waals surface area (Å²) in [4.78, 5) is 26.0. The van der Waals surface area contributed by atoms with E-state index in [1.54, 1.807) is 48.5 Å². The fraction of sp³-hybridized carbons (Fsp3) is 0.0500. The van der Waals surface area contributed by atoms with E-state index in [0.717, 1.165) is 4.47 Å². The molecule has 2 N–H and O–H groups in total. The van der Waals surface area contributed by atoms with E-state index in [1.165, 1.54) is 0 Å². The Morgan fingerprint density at radius 2 is 1.62 bits per heavy atom. The lowest BCUT2D eigenvalue weighted by Crippen LogP contribution is -2.32.